The van der Waals surface area contributed by atoms with Crippen molar-refractivity contribution in [3.05, 3.63) is 71.4 Å². The summed E-state index contributed by atoms with van der Waals surface area (Å²) in [6.45, 7) is 2.02. The van der Waals surface area contributed by atoms with E-state index < -0.39 is 9.84 Å². The molecule has 3 nitrogen and oxygen atoms in total. The number of rotatable bonds is 3. The van der Waals surface area contributed by atoms with Gasteiger partial charge in [-0.1, -0.05) is 23.7 Å². The summed E-state index contributed by atoms with van der Waals surface area (Å²) in [6, 6.07) is 18.7. The molecule has 1 aromatic heterocycles. The molecule has 0 fully saturated rings. The highest BCUT2D eigenvalue weighted by Crippen LogP contribution is 2.28. The number of halogens is 1. The molecule has 118 valence electrons. The van der Waals surface area contributed by atoms with Crippen molar-refractivity contribution in [1.29, 1.82) is 0 Å². The molecular weight excluding hydrogens is 330 g/mol. The Kier molecular flexibility index (Phi) is 4.04. The number of sulfone groups is 1. The highest BCUT2D eigenvalue weighted by Gasteiger charge is 2.11. The van der Waals surface area contributed by atoms with E-state index in [-0.39, 0.29) is 0 Å². The van der Waals surface area contributed by atoms with Gasteiger partial charge in [-0.15, -0.1) is 0 Å². The SMILES string of the molecule is Cc1ccc(-c2ccc(Cl)cc2)n1-c1ccc(S(C)(=O)=O)cc1. The van der Waals surface area contributed by atoms with E-state index in [4.69, 9.17) is 11.6 Å². The lowest BCUT2D eigenvalue weighted by molar-refractivity contribution is 0.602. The molecule has 0 bridgehead atoms. The third-order valence-corrected chi connectivity index (χ3v) is 5.12. The Labute approximate surface area is 141 Å². The van der Waals surface area contributed by atoms with Crippen molar-refractivity contribution < 1.29 is 8.42 Å². The van der Waals surface area contributed by atoms with Gasteiger partial charge in [0.1, 0.15) is 0 Å². The molecule has 0 radical (unpaired) electrons. The van der Waals surface area contributed by atoms with E-state index in [0.29, 0.717) is 9.92 Å². The van der Waals surface area contributed by atoms with Crippen molar-refractivity contribution in [1.82, 2.24) is 4.57 Å². The molecule has 3 aromatic rings. The molecule has 2 aromatic carbocycles. The van der Waals surface area contributed by atoms with Gasteiger partial charge in [-0.3, -0.25) is 0 Å². The lowest BCUT2D eigenvalue weighted by Gasteiger charge is -2.13. The zero-order valence-corrected chi connectivity index (χ0v) is 14.4. The predicted molar refractivity (Wildman–Crippen MR) is 94.1 cm³/mol. The highest BCUT2D eigenvalue weighted by atomic mass is 35.5. The van der Waals surface area contributed by atoms with Gasteiger partial charge < -0.3 is 4.57 Å². The van der Waals surface area contributed by atoms with Crippen molar-refractivity contribution in [3.8, 4) is 16.9 Å². The van der Waals surface area contributed by atoms with Crippen LogP contribution in [0.15, 0.2) is 65.6 Å². The average Bonchev–Trinajstić information content (AvgIpc) is 2.89. The fourth-order valence-corrected chi connectivity index (χ4v) is 3.33. The predicted octanol–water partition coefficient (Wildman–Crippen LogP) is 4.51. The number of aromatic nitrogens is 1. The van der Waals surface area contributed by atoms with Gasteiger partial charge >= 0.3 is 0 Å². The minimum atomic E-state index is -3.19. The first-order valence-corrected chi connectivity index (χ1v) is 9.38. The zero-order chi connectivity index (χ0) is 16.6. The second-order valence-electron chi connectivity index (χ2n) is 5.47. The number of hydrogen-bond donors (Lipinski definition) is 0. The lowest BCUT2D eigenvalue weighted by atomic mass is 10.1. The van der Waals surface area contributed by atoms with Crippen molar-refractivity contribution in [2.45, 2.75) is 11.8 Å². The Morgan fingerprint density at radius 2 is 1.48 bits per heavy atom. The minimum absolute atomic E-state index is 0.319. The van der Waals surface area contributed by atoms with E-state index in [2.05, 4.69) is 4.57 Å². The third-order valence-electron chi connectivity index (χ3n) is 3.74. The fourth-order valence-electron chi connectivity index (χ4n) is 2.57. The van der Waals surface area contributed by atoms with Gasteiger partial charge in [0, 0.05) is 22.7 Å². The molecule has 0 saturated carbocycles. The first-order chi connectivity index (χ1) is 10.9. The summed E-state index contributed by atoms with van der Waals surface area (Å²) < 4.78 is 25.3. The summed E-state index contributed by atoms with van der Waals surface area (Å²) in [5.41, 5.74) is 4.08. The summed E-state index contributed by atoms with van der Waals surface area (Å²) >= 11 is 5.96. The van der Waals surface area contributed by atoms with Crippen LogP contribution in [0.4, 0.5) is 0 Å². The van der Waals surface area contributed by atoms with E-state index in [0.717, 1.165) is 22.6 Å². The number of aryl methyl sites for hydroxylation is 1. The van der Waals surface area contributed by atoms with E-state index in [1.807, 2.05) is 55.5 Å². The normalized spacial score (nSPS) is 11.6. The van der Waals surface area contributed by atoms with Crippen LogP contribution in [0.3, 0.4) is 0 Å². The van der Waals surface area contributed by atoms with Crippen molar-refractivity contribution >= 4 is 21.4 Å². The molecule has 5 heteroatoms. The molecular formula is C18H16ClNO2S. The Morgan fingerprint density at radius 1 is 0.870 bits per heavy atom. The Bertz CT molecular complexity index is 940. The largest absolute Gasteiger partial charge is 0.314 e. The Morgan fingerprint density at radius 3 is 2.04 bits per heavy atom. The second-order valence-corrected chi connectivity index (χ2v) is 7.92. The monoisotopic (exact) mass is 345 g/mol. The molecule has 0 N–H and O–H groups in total. The fraction of sp³-hybridized carbons (Fsp3) is 0.111. The number of benzene rings is 2. The van der Waals surface area contributed by atoms with Gasteiger partial charge in [0.15, 0.2) is 9.84 Å². The molecule has 0 aliphatic rings. The maximum Gasteiger partial charge on any atom is 0.175 e. The Balaban J connectivity index is 2.10. The lowest BCUT2D eigenvalue weighted by Crippen LogP contribution is -2.01. The van der Waals surface area contributed by atoms with E-state index in [9.17, 15) is 8.42 Å². The first-order valence-electron chi connectivity index (χ1n) is 7.11. The van der Waals surface area contributed by atoms with Crippen LogP contribution in [0, 0.1) is 6.92 Å². The van der Waals surface area contributed by atoms with Gasteiger partial charge in [-0.05, 0) is 61.0 Å². The summed E-state index contributed by atoms with van der Waals surface area (Å²) in [6.07, 6.45) is 1.21. The molecule has 0 spiro atoms. The summed E-state index contributed by atoms with van der Waals surface area (Å²) in [5.74, 6) is 0. The molecule has 0 atom stereocenters. The molecule has 1 heterocycles. The zero-order valence-electron chi connectivity index (χ0n) is 12.8. The quantitative estimate of drug-likeness (QED) is 0.700. The Hall–Kier alpha value is -2.04. The molecule has 0 aliphatic heterocycles. The van der Waals surface area contributed by atoms with Crippen LogP contribution in [-0.4, -0.2) is 19.2 Å². The first kappa shape index (κ1) is 15.8. The van der Waals surface area contributed by atoms with Gasteiger partial charge in [0.25, 0.3) is 0 Å². The third kappa shape index (κ3) is 3.19. The second kappa shape index (κ2) is 5.87. The maximum absolute atomic E-state index is 11.6. The summed E-state index contributed by atoms with van der Waals surface area (Å²) in [7, 11) is -3.19. The highest BCUT2D eigenvalue weighted by molar-refractivity contribution is 7.90. The summed E-state index contributed by atoms with van der Waals surface area (Å²) in [5, 5.41) is 0.695. The van der Waals surface area contributed by atoms with Gasteiger partial charge in [-0.2, -0.15) is 0 Å². The average molecular weight is 346 g/mol. The van der Waals surface area contributed by atoms with E-state index in [1.54, 1.807) is 12.1 Å². The van der Waals surface area contributed by atoms with E-state index in [1.165, 1.54) is 6.26 Å². The molecule has 0 saturated heterocycles. The van der Waals surface area contributed by atoms with Gasteiger partial charge in [-0.25, -0.2) is 8.42 Å². The van der Waals surface area contributed by atoms with Crippen LogP contribution in [0.2, 0.25) is 5.02 Å². The number of nitrogens with zero attached hydrogens (tertiary/aromatic N) is 1. The van der Waals surface area contributed by atoms with Crippen molar-refractivity contribution in [2.75, 3.05) is 6.26 Å². The summed E-state index contributed by atoms with van der Waals surface area (Å²) in [4.78, 5) is 0.319. The van der Waals surface area contributed by atoms with Gasteiger partial charge in [0.2, 0.25) is 0 Å². The van der Waals surface area contributed by atoms with Crippen LogP contribution in [-0.2, 0) is 9.84 Å². The van der Waals surface area contributed by atoms with Crippen molar-refractivity contribution in [2.24, 2.45) is 0 Å². The molecule has 0 aliphatic carbocycles. The van der Waals surface area contributed by atoms with E-state index >= 15 is 0 Å². The molecule has 0 unspecified atom stereocenters. The molecule has 3 rings (SSSR count). The smallest absolute Gasteiger partial charge is 0.175 e. The minimum Gasteiger partial charge on any atom is -0.314 e. The van der Waals surface area contributed by atoms with Crippen LogP contribution in [0.1, 0.15) is 5.69 Å². The number of hydrogen-bond acceptors (Lipinski definition) is 2. The maximum atomic E-state index is 11.6. The van der Waals surface area contributed by atoms with Crippen LogP contribution in [0.25, 0.3) is 16.9 Å². The molecule has 0 amide bonds. The molecule has 23 heavy (non-hydrogen) atoms. The topological polar surface area (TPSA) is 39.1 Å². The standard InChI is InChI=1S/C18H16ClNO2S/c1-13-3-12-18(14-4-6-15(19)7-5-14)20(13)16-8-10-17(11-9-16)23(2,21)22/h3-12H,1-2H3. The van der Waals surface area contributed by atoms with Crippen LogP contribution in [0.5, 0.6) is 0 Å². The van der Waals surface area contributed by atoms with Crippen molar-refractivity contribution in [3.63, 3.8) is 0 Å². The van der Waals surface area contributed by atoms with Crippen LogP contribution < -0.4 is 0 Å². The van der Waals surface area contributed by atoms with Gasteiger partial charge in [0.05, 0.1) is 10.6 Å². The van der Waals surface area contributed by atoms with Crippen LogP contribution >= 0.6 is 11.6 Å².